The Morgan fingerprint density at radius 1 is 0.614 bits per heavy atom. The smallest absolute Gasteiger partial charge is 0.407 e. The second-order valence-corrected chi connectivity index (χ2v) is 15.7. The Kier molecular flexibility index (Phi) is 34.9. The van der Waals surface area contributed by atoms with Crippen molar-refractivity contribution in [2.45, 2.75) is 187 Å². The quantitative estimate of drug-likeness (QED) is 0.0281. The lowest BCUT2D eigenvalue weighted by atomic mass is 10.1. The first-order chi connectivity index (χ1) is 27.9. The topological polar surface area (TPSA) is 120 Å². The predicted molar refractivity (Wildman–Crippen MR) is 231 cm³/mol. The number of nitrogens with one attached hydrogen (secondary N) is 1. The third-order valence-electron chi connectivity index (χ3n) is 10.3. The van der Waals surface area contributed by atoms with Crippen molar-refractivity contribution in [2.75, 3.05) is 46.0 Å². The van der Waals surface area contributed by atoms with Gasteiger partial charge < -0.3 is 29.2 Å². The maximum Gasteiger partial charge on any atom is 0.407 e. The molecule has 2 atom stereocenters. The highest BCUT2D eigenvalue weighted by atomic mass is 16.6. The molecule has 57 heavy (non-hydrogen) atoms. The van der Waals surface area contributed by atoms with Crippen LogP contribution in [0.4, 0.5) is 4.79 Å². The van der Waals surface area contributed by atoms with E-state index in [0.29, 0.717) is 32.2 Å². The number of esters is 3. The summed E-state index contributed by atoms with van der Waals surface area (Å²) >= 11 is 0. The zero-order valence-electron chi connectivity index (χ0n) is 36.3. The van der Waals surface area contributed by atoms with Gasteiger partial charge in [-0.25, -0.2) is 4.79 Å². The monoisotopic (exact) mass is 803 g/mol. The number of likely N-dealkylation sites (tertiary alicyclic amines) is 1. The molecule has 1 aliphatic rings. The van der Waals surface area contributed by atoms with Crippen LogP contribution in [0.2, 0.25) is 0 Å². The Bertz CT molecular complexity index is 1090. The summed E-state index contributed by atoms with van der Waals surface area (Å²) in [6.45, 7) is 11.5. The lowest BCUT2D eigenvalue weighted by Crippen LogP contribution is -2.35. The van der Waals surface area contributed by atoms with Gasteiger partial charge in [0.2, 0.25) is 0 Å². The molecule has 1 N–H and O–H groups in total. The van der Waals surface area contributed by atoms with E-state index in [4.69, 9.17) is 18.9 Å². The Balaban J connectivity index is 2.45. The maximum atomic E-state index is 12.8. The first-order valence-corrected chi connectivity index (χ1v) is 22.9. The molecule has 1 heterocycles. The van der Waals surface area contributed by atoms with Gasteiger partial charge in [-0.3, -0.25) is 14.4 Å². The molecular weight excluding hydrogens is 721 g/mol. The zero-order valence-corrected chi connectivity index (χ0v) is 36.3. The molecule has 0 aromatic rings. The van der Waals surface area contributed by atoms with Crippen molar-refractivity contribution in [1.29, 1.82) is 0 Å². The Morgan fingerprint density at radius 2 is 1.12 bits per heavy atom. The van der Waals surface area contributed by atoms with Crippen molar-refractivity contribution in [3.05, 3.63) is 37.0 Å². The van der Waals surface area contributed by atoms with Gasteiger partial charge in [0.05, 0.1) is 5.92 Å². The Morgan fingerprint density at radius 3 is 1.68 bits per heavy atom. The number of carbonyl (C=O) groups is 4. The minimum absolute atomic E-state index is 0.00224. The van der Waals surface area contributed by atoms with Gasteiger partial charge in [-0.1, -0.05) is 108 Å². The molecule has 10 heteroatoms. The van der Waals surface area contributed by atoms with E-state index in [1.165, 1.54) is 38.5 Å². The molecule has 0 spiro atoms. The normalized spacial score (nSPS) is 14.1. The van der Waals surface area contributed by atoms with Crippen molar-refractivity contribution in [3.8, 4) is 0 Å². The summed E-state index contributed by atoms with van der Waals surface area (Å²) in [5, 5.41) is 2.85. The summed E-state index contributed by atoms with van der Waals surface area (Å²) in [6, 6.07) is 0. The average Bonchev–Trinajstić information content (AvgIpc) is 3.73. The van der Waals surface area contributed by atoms with Gasteiger partial charge >= 0.3 is 24.0 Å². The average molecular weight is 803 g/mol. The largest absolute Gasteiger partial charge is 0.465 e. The third kappa shape index (κ3) is 33.5. The van der Waals surface area contributed by atoms with Crippen LogP contribution >= 0.6 is 0 Å². The molecule has 0 bridgehead atoms. The van der Waals surface area contributed by atoms with Crippen molar-refractivity contribution in [1.82, 2.24) is 10.2 Å². The van der Waals surface area contributed by atoms with Crippen molar-refractivity contribution >= 4 is 24.0 Å². The van der Waals surface area contributed by atoms with Crippen LogP contribution in [-0.4, -0.2) is 81.0 Å². The maximum absolute atomic E-state index is 12.8. The SMILES string of the molecule is C=CCCCCCCCC(=O)OCC(COC(=O)CCCCCCC/C=C\C/C=C\CCCCC)COC(=O)CCC(CCCC)OC(=O)NCCN1CCCC1. The lowest BCUT2D eigenvalue weighted by molar-refractivity contribution is -0.153. The number of carbonyl (C=O) groups excluding carboxylic acids is 4. The van der Waals surface area contributed by atoms with Crippen LogP contribution in [0.1, 0.15) is 181 Å². The summed E-state index contributed by atoms with van der Waals surface area (Å²) in [5.41, 5.74) is 0. The van der Waals surface area contributed by atoms with Crippen molar-refractivity contribution in [3.63, 3.8) is 0 Å². The van der Waals surface area contributed by atoms with Crippen molar-refractivity contribution in [2.24, 2.45) is 5.92 Å². The van der Waals surface area contributed by atoms with Gasteiger partial charge in [0.1, 0.15) is 25.9 Å². The summed E-state index contributed by atoms with van der Waals surface area (Å²) in [7, 11) is 0. The van der Waals surface area contributed by atoms with E-state index >= 15 is 0 Å². The molecule has 0 aromatic carbocycles. The number of hydrogen-bond donors (Lipinski definition) is 1. The highest BCUT2D eigenvalue weighted by Gasteiger charge is 2.20. The molecule has 328 valence electrons. The molecule has 0 saturated carbocycles. The fraction of sp³-hybridized carbons (Fsp3) is 0.787. The Labute approximate surface area is 347 Å². The van der Waals surface area contributed by atoms with Crippen LogP contribution in [-0.2, 0) is 33.3 Å². The Hall–Kier alpha value is -3.14. The van der Waals surface area contributed by atoms with E-state index < -0.39 is 24.1 Å². The molecule has 1 aliphatic heterocycles. The number of hydrogen-bond acceptors (Lipinski definition) is 9. The predicted octanol–water partition coefficient (Wildman–Crippen LogP) is 11.1. The van der Waals surface area contributed by atoms with E-state index in [-0.39, 0.29) is 38.2 Å². The molecule has 10 nitrogen and oxygen atoms in total. The van der Waals surface area contributed by atoms with Crippen LogP contribution in [0, 0.1) is 5.92 Å². The minimum Gasteiger partial charge on any atom is -0.465 e. The van der Waals surface area contributed by atoms with E-state index in [2.05, 4.69) is 54.9 Å². The van der Waals surface area contributed by atoms with Gasteiger partial charge in [-0.05, 0) is 96.6 Å². The first kappa shape index (κ1) is 51.9. The van der Waals surface area contributed by atoms with Gasteiger partial charge in [0.25, 0.3) is 0 Å². The van der Waals surface area contributed by atoms with Crippen LogP contribution in [0.15, 0.2) is 37.0 Å². The summed E-state index contributed by atoms with van der Waals surface area (Å²) < 4.78 is 22.4. The standard InChI is InChI=1S/C47H82N2O8/c1-4-7-10-12-14-15-16-17-18-19-20-21-23-25-27-32-45(51)55-40-42(39-54-44(50)31-26-24-22-13-11-8-5-2)41-56-46(52)34-33-43(30-9-6-3)57-47(53)48-35-38-49-36-28-29-37-49/h5,14-15,17-18,42-43H,2,4,6-13,16,19-41H2,1,3H3,(H,48,53)/b15-14-,18-17-. The van der Waals surface area contributed by atoms with E-state index in [0.717, 1.165) is 116 Å². The second-order valence-electron chi connectivity index (χ2n) is 15.7. The first-order valence-electron chi connectivity index (χ1n) is 22.9. The van der Waals surface area contributed by atoms with E-state index in [1.54, 1.807) is 0 Å². The van der Waals surface area contributed by atoms with E-state index in [9.17, 15) is 19.2 Å². The van der Waals surface area contributed by atoms with Crippen LogP contribution < -0.4 is 5.32 Å². The van der Waals surface area contributed by atoms with E-state index in [1.807, 2.05) is 6.08 Å². The number of allylic oxidation sites excluding steroid dienone is 5. The molecule has 1 fully saturated rings. The highest BCUT2D eigenvalue weighted by molar-refractivity contribution is 5.70. The van der Waals surface area contributed by atoms with Crippen molar-refractivity contribution < 1.29 is 38.1 Å². The third-order valence-corrected chi connectivity index (χ3v) is 10.3. The van der Waals surface area contributed by atoms with Gasteiger partial charge in [0.15, 0.2) is 0 Å². The molecule has 1 rings (SSSR count). The van der Waals surface area contributed by atoms with Crippen LogP contribution in [0.3, 0.4) is 0 Å². The fourth-order valence-corrected chi connectivity index (χ4v) is 6.65. The van der Waals surface area contributed by atoms with Gasteiger partial charge in [-0.2, -0.15) is 0 Å². The number of nitrogens with zero attached hydrogens (tertiary/aromatic N) is 1. The molecule has 2 unspecified atom stereocenters. The van der Waals surface area contributed by atoms with Crippen LogP contribution in [0.5, 0.6) is 0 Å². The van der Waals surface area contributed by atoms with Gasteiger partial charge in [-0.15, -0.1) is 6.58 Å². The number of amides is 1. The highest BCUT2D eigenvalue weighted by Crippen LogP contribution is 2.15. The second kappa shape index (κ2) is 38.4. The number of ether oxygens (including phenoxy) is 4. The zero-order chi connectivity index (χ0) is 41.4. The molecule has 1 amide bonds. The number of alkyl carbamates (subject to hydrolysis) is 1. The minimum atomic E-state index is -0.473. The molecule has 0 radical (unpaired) electrons. The van der Waals surface area contributed by atoms with Gasteiger partial charge in [0, 0.05) is 32.4 Å². The molecule has 0 aliphatic carbocycles. The summed E-state index contributed by atoms with van der Waals surface area (Å²) in [4.78, 5) is 52.8. The fourth-order valence-electron chi connectivity index (χ4n) is 6.65. The molecule has 0 aromatic heterocycles. The van der Waals surface area contributed by atoms with Crippen LogP contribution in [0.25, 0.3) is 0 Å². The number of rotatable bonds is 38. The lowest BCUT2D eigenvalue weighted by Gasteiger charge is -2.20. The molecular formula is C47H82N2O8. The molecule has 1 saturated heterocycles. The summed E-state index contributed by atoms with van der Waals surface area (Å²) in [5.74, 6) is -1.50. The summed E-state index contributed by atoms with van der Waals surface area (Å²) in [6.07, 6.45) is 34.4. The number of unbranched alkanes of at least 4 members (excludes halogenated alkanes) is 14.